The van der Waals surface area contributed by atoms with Crippen molar-refractivity contribution < 1.29 is 0 Å². The minimum Gasteiger partial charge on any atom is -0.376 e. The predicted molar refractivity (Wildman–Crippen MR) is 42.4 cm³/mol. The molecule has 0 amide bonds. The van der Waals surface area contributed by atoms with E-state index in [-0.39, 0.29) is 0 Å². The molecule has 1 N–H and O–H groups in total. The number of aromatic nitrogens is 1. The van der Waals surface area contributed by atoms with E-state index in [1.165, 1.54) is 0 Å². The van der Waals surface area contributed by atoms with Gasteiger partial charge in [0, 0.05) is 20.3 Å². The Morgan fingerprint density at radius 1 is 1.56 bits per heavy atom. The molecule has 0 aliphatic rings. The van der Waals surface area contributed by atoms with E-state index >= 15 is 0 Å². The molecule has 50 valence electrons. The van der Waals surface area contributed by atoms with Crippen molar-refractivity contribution in [3.8, 4) is 0 Å². The third kappa shape index (κ3) is 1.21. The van der Waals surface area contributed by atoms with Gasteiger partial charge in [0.15, 0.2) is 0 Å². The summed E-state index contributed by atoms with van der Waals surface area (Å²) < 4.78 is 0. The summed E-state index contributed by atoms with van der Waals surface area (Å²) in [6, 6.07) is 1.99. The summed E-state index contributed by atoms with van der Waals surface area (Å²) in [6.07, 6.45) is 1.87. The summed E-state index contributed by atoms with van der Waals surface area (Å²) in [5.74, 6) is 0. The fraction of sp³-hybridized carbons (Fsp3) is 0.333. The molecule has 3 heteroatoms. The molecule has 0 bridgehead atoms. The van der Waals surface area contributed by atoms with Crippen LogP contribution in [0.15, 0.2) is 17.3 Å². The van der Waals surface area contributed by atoms with Crippen LogP contribution in [0.2, 0.25) is 0 Å². The highest BCUT2D eigenvalue weighted by atomic mass is 32.1. The molecule has 0 aliphatic heterocycles. The lowest BCUT2D eigenvalue weighted by molar-refractivity contribution is 1.08. The molecular weight excluding hydrogens is 132 g/mol. The van der Waals surface area contributed by atoms with Crippen LogP contribution in [0.3, 0.4) is 0 Å². The standard InChI is InChI=1S/C6H10N2S/c1-8(2)5-3-4-7-6(5)9/h3-4,7,9H,1-2H3. The van der Waals surface area contributed by atoms with E-state index in [9.17, 15) is 0 Å². The zero-order valence-corrected chi connectivity index (χ0v) is 6.44. The minimum absolute atomic E-state index is 0.917. The van der Waals surface area contributed by atoms with Crippen LogP contribution < -0.4 is 4.90 Å². The second-order valence-electron chi connectivity index (χ2n) is 2.11. The molecule has 9 heavy (non-hydrogen) atoms. The van der Waals surface area contributed by atoms with Crippen LogP contribution in [0, 0.1) is 0 Å². The third-order valence-electron chi connectivity index (χ3n) is 1.19. The van der Waals surface area contributed by atoms with Crippen LogP contribution in [0.5, 0.6) is 0 Å². The van der Waals surface area contributed by atoms with Gasteiger partial charge in [0.25, 0.3) is 0 Å². The third-order valence-corrected chi connectivity index (χ3v) is 1.54. The highest BCUT2D eigenvalue weighted by molar-refractivity contribution is 7.80. The van der Waals surface area contributed by atoms with E-state index in [1.807, 2.05) is 31.3 Å². The van der Waals surface area contributed by atoms with Crippen LogP contribution >= 0.6 is 12.6 Å². The normalized spacial score (nSPS) is 9.67. The molecule has 1 heterocycles. The highest BCUT2D eigenvalue weighted by Crippen LogP contribution is 2.18. The Labute approximate surface area is 60.3 Å². The first-order valence-electron chi connectivity index (χ1n) is 2.75. The number of anilines is 1. The fourth-order valence-corrected chi connectivity index (χ4v) is 1.06. The maximum absolute atomic E-state index is 4.19. The number of nitrogens with zero attached hydrogens (tertiary/aromatic N) is 1. The number of H-pyrrole nitrogens is 1. The van der Waals surface area contributed by atoms with Gasteiger partial charge in [-0.2, -0.15) is 0 Å². The first-order valence-corrected chi connectivity index (χ1v) is 3.20. The van der Waals surface area contributed by atoms with E-state index in [1.54, 1.807) is 0 Å². The van der Waals surface area contributed by atoms with E-state index in [2.05, 4.69) is 17.6 Å². The van der Waals surface area contributed by atoms with E-state index in [0.29, 0.717) is 0 Å². The van der Waals surface area contributed by atoms with Gasteiger partial charge in [-0.3, -0.25) is 0 Å². The number of hydrogen-bond donors (Lipinski definition) is 2. The van der Waals surface area contributed by atoms with Gasteiger partial charge in [-0.25, -0.2) is 0 Å². The van der Waals surface area contributed by atoms with E-state index in [0.717, 1.165) is 10.7 Å². The van der Waals surface area contributed by atoms with Crippen molar-refractivity contribution in [2.45, 2.75) is 5.03 Å². The Balaban J connectivity index is 2.94. The maximum Gasteiger partial charge on any atom is 0.0928 e. The van der Waals surface area contributed by atoms with Gasteiger partial charge in [0.1, 0.15) is 0 Å². The van der Waals surface area contributed by atoms with Crippen molar-refractivity contribution in [2.75, 3.05) is 19.0 Å². The zero-order chi connectivity index (χ0) is 6.85. The van der Waals surface area contributed by atoms with E-state index < -0.39 is 0 Å². The smallest absolute Gasteiger partial charge is 0.0928 e. The van der Waals surface area contributed by atoms with Crippen molar-refractivity contribution in [1.29, 1.82) is 0 Å². The molecule has 0 unspecified atom stereocenters. The summed E-state index contributed by atoms with van der Waals surface area (Å²) in [6.45, 7) is 0. The molecule has 0 aromatic carbocycles. The van der Waals surface area contributed by atoms with Crippen molar-refractivity contribution in [1.82, 2.24) is 4.98 Å². The molecule has 1 aromatic heterocycles. The maximum atomic E-state index is 4.19. The lowest BCUT2D eigenvalue weighted by Gasteiger charge is -2.09. The molecule has 2 nitrogen and oxygen atoms in total. The highest BCUT2D eigenvalue weighted by Gasteiger charge is 1.98. The molecule has 1 rings (SSSR count). The lowest BCUT2D eigenvalue weighted by atomic mass is 10.5. The second kappa shape index (κ2) is 2.35. The van der Waals surface area contributed by atoms with Crippen molar-refractivity contribution >= 4 is 18.3 Å². The van der Waals surface area contributed by atoms with Gasteiger partial charge in [-0.05, 0) is 6.07 Å². The minimum atomic E-state index is 0.917. The van der Waals surface area contributed by atoms with Crippen molar-refractivity contribution in [2.24, 2.45) is 0 Å². The summed E-state index contributed by atoms with van der Waals surface area (Å²) in [5.41, 5.74) is 1.12. The Kier molecular flexibility index (Phi) is 1.71. The lowest BCUT2D eigenvalue weighted by Crippen LogP contribution is -2.07. The van der Waals surface area contributed by atoms with Gasteiger partial charge in [0.05, 0.1) is 10.7 Å². The number of aromatic amines is 1. The number of thiol groups is 1. The molecule has 0 saturated carbocycles. The van der Waals surface area contributed by atoms with Crippen LogP contribution in [-0.2, 0) is 0 Å². The molecule has 0 atom stereocenters. The molecule has 1 aromatic rings. The van der Waals surface area contributed by atoms with Crippen LogP contribution in [0.25, 0.3) is 0 Å². The molecule has 0 spiro atoms. The van der Waals surface area contributed by atoms with Gasteiger partial charge < -0.3 is 9.88 Å². The van der Waals surface area contributed by atoms with Crippen LogP contribution in [0.1, 0.15) is 0 Å². The largest absolute Gasteiger partial charge is 0.376 e. The van der Waals surface area contributed by atoms with Gasteiger partial charge in [-0.1, -0.05) is 0 Å². The Morgan fingerprint density at radius 2 is 2.22 bits per heavy atom. The number of rotatable bonds is 1. The summed E-state index contributed by atoms with van der Waals surface area (Å²) in [4.78, 5) is 4.99. The molecule has 0 radical (unpaired) electrons. The fourth-order valence-electron chi connectivity index (χ4n) is 0.713. The van der Waals surface area contributed by atoms with E-state index in [4.69, 9.17) is 0 Å². The molecular formula is C6H10N2S. The molecule has 0 fully saturated rings. The second-order valence-corrected chi connectivity index (χ2v) is 2.55. The monoisotopic (exact) mass is 142 g/mol. The van der Waals surface area contributed by atoms with Crippen molar-refractivity contribution in [3.63, 3.8) is 0 Å². The summed E-state index contributed by atoms with van der Waals surface area (Å²) >= 11 is 4.19. The van der Waals surface area contributed by atoms with Gasteiger partial charge in [-0.15, -0.1) is 12.6 Å². The average molecular weight is 142 g/mol. The SMILES string of the molecule is CN(C)c1cc[nH]c1S. The first-order chi connectivity index (χ1) is 4.22. The topological polar surface area (TPSA) is 19.0 Å². The molecule has 0 aliphatic carbocycles. The first kappa shape index (κ1) is 6.55. The van der Waals surface area contributed by atoms with Gasteiger partial charge in [0.2, 0.25) is 0 Å². The Morgan fingerprint density at radius 3 is 2.44 bits per heavy atom. The number of nitrogens with one attached hydrogen (secondary N) is 1. The van der Waals surface area contributed by atoms with Gasteiger partial charge >= 0.3 is 0 Å². The summed E-state index contributed by atoms with van der Waals surface area (Å²) in [7, 11) is 3.98. The predicted octanol–water partition coefficient (Wildman–Crippen LogP) is 1.37. The summed E-state index contributed by atoms with van der Waals surface area (Å²) in [5, 5.41) is 0.917. The molecule has 0 saturated heterocycles. The van der Waals surface area contributed by atoms with Crippen LogP contribution in [0.4, 0.5) is 5.69 Å². The quantitative estimate of drug-likeness (QED) is 0.567. The van der Waals surface area contributed by atoms with Crippen molar-refractivity contribution in [3.05, 3.63) is 12.3 Å². The average Bonchev–Trinajstić information content (AvgIpc) is 2.13. The Hall–Kier alpha value is -0.570. The number of hydrogen-bond acceptors (Lipinski definition) is 2. The van der Waals surface area contributed by atoms with Crippen LogP contribution in [-0.4, -0.2) is 19.1 Å². The Bertz CT molecular complexity index is 193. The zero-order valence-electron chi connectivity index (χ0n) is 5.55.